The number of amides is 1. The van der Waals surface area contributed by atoms with Gasteiger partial charge in [-0.25, -0.2) is 9.69 Å². The average Bonchev–Trinajstić information content (AvgIpc) is 3.65. The number of rotatable bonds is 4. The molecule has 3 aliphatic rings. The van der Waals surface area contributed by atoms with Crippen LogP contribution in [0.2, 0.25) is 0 Å². The molecule has 3 heterocycles. The molecule has 5 nitrogen and oxygen atoms in total. The van der Waals surface area contributed by atoms with E-state index in [9.17, 15) is 4.79 Å². The van der Waals surface area contributed by atoms with Gasteiger partial charge in [-0.3, -0.25) is 0 Å². The normalized spacial score (nSPS) is 22.9. The van der Waals surface area contributed by atoms with Gasteiger partial charge in [0.1, 0.15) is 17.1 Å². The highest BCUT2D eigenvalue weighted by Crippen LogP contribution is 2.61. The smallest absolute Gasteiger partial charge is 0.416 e. The standard InChI is InChI=1S/C37H33NO4/c1-37(2,3)42-36(39)38-34-30(28(24-16-8-4-9-17-24)32(40-34)26-20-12-6-13-21-26)31-29(25-18-10-5-11-19-25)33(41-35(31)38)27-22-14-7-15-23-27/h4-23,30-31,34-35H,1-3H3/t30-,31-,34-,35-/m0/s1. The average molecular weight is 556 g/mol. The zero-order chi connectivity index (χ0) is 28.8. The number of carbonyl (C=O) groups is 1. The SMILES string of the molecule is CC(C)(C)OC(=O)N1[C@H]2OC(c3ccccc3)=C(c3ccccc3)[C@H]2[C@@H]2C(c3ccccc3)=C(c3ccccc3)O[C@@H]21. The molecule has 210 valence electrons. The van der Waals surface area contributed by atoms with Crippen LogP contribution in [0.1, 0.15) is 43.0 Å². The van der Waals surface area contributed by atoms with Crippen molar-refractivity contribution in [1.82, 2.24) is 4.90 Å². The first-order valence-corrected chi connectivity index (χ1v) is 14.5. The first-order chi connectivity index (χ1) is 20.4. The Balaban J connectivity index is 1.47. The van der Waals surface area contributed by atoms with Crippen molar-refractivity contribution < 1.29 is 19.0 Å². The molecule has 1 amide bonds. The van der Waals surface area contributed by atoms with E-state index in [0.717, 1.165) is 44.9 Å². The van der Waals surface area contributed by atoms with Crippen LogP contribution in [0.5, 0.6) is 0 Å². The zero-order valence-electron chi connectivity index (χ0n) is 23.9. The highest BCUT2D eigenvalue weighted by Gasteiger charge is 2.63. The van der Waals surface area contributed by atoms with Crippen LogP contribution in [-0.2, 0) is 14.2 Å². The maximum Gasteiger partial charge on any atom is 0.416 e. The van der Waals surface area contributed by atoms with E-state index in [2.05, 4.69) is 48.5 Å². The fourth-order valence-electron chi connectivity index (χ4n) is 6.45. The second-order valence-corrected chi connectivity index (χ2v) is 11.9. The van der Waals surface area contributed by atoms with Crippen LogP contribution in [0.25, 0.3) is 22.7 Å². The third-order valence-corrected chi connectivity index (χ3v) is 8.03. The van der Waals surface area contributed by atoms with E-state index in [1.54, 1.807) is 4.90 Å². The Labute approximate surface area is 246 Å². The lowest BCUT2D eigenvalue weighted by molar-refractivity contribution is -0.0628. The van der Waals surface area contributed by atoms with Crippen molar-refractivity contribution in [2.75, 3.05) is 0 Å². The Morgan fingerprint density at radius 2 is 0.905 bits per heavy atom. The first kappa shape index (κ1) is 26.1. The molecule has 4 aromatic carbocycles. The van der Waals surface area contributed by atoms with Gasteiger partial charge in [-0.2, -0.15) is 0 Å². The predicted octanol–water partition coefficient (Wildman–Crippen LogP) is 8.32. The van der Waals surface area contributed by atoms with E-state index < -0.39 is 24.2 Å². The van der Waals surface area contributed by atoms with E-state index >= 15 is 0 Å². The summed E-state index contributed by atoms with van der Waals surface area (Å²) in [6, 6.07) is 41.0. The van der Waals surface area contributed by atoms with Crippen LogP contribution in [0, 0.1) is 11.8 Å². The molecule has 0 N–H and O–H groups in total. The van der Waals surface area contributed by atoms with E-state index in [1.165, 1.54) is 0 Å². The van der Waals surface area contributed by atoms with E-state index in [4.69, 9.17) is 14.2 Å². The molecule has 0 unspecified atom stereocenters. The maximum absolute atomic E-state index is 14.0. The molecule has 1 saturated heterocycles. The van der Waals surface area contributed by atoms with E-state index in [1.807, 2.05) is 93.6 Å². The van der Waals surface area contributed by atoms with Crippen molar-refractivity contribution in [3.8, 4) is 0 Å². The number of ether oxygens (including phenoxy) is 3. The quantitative estimate of drug-likeness (QED) is 0.254. The maximum atomic E-state index is 14.0. The van der Waals surface area contributed by atoms with Gasteiger partial charge in [-0.05, 0) is 31.9 Å². The molecular formula is C37H33NO4. The van der Waals surface area contributed by atoms with Crippen LogP contribution in [-0.4, -0.2) is 29.1 Å². The molecule has 7 rings (SSSR count). The molecule has 0 radical (unpaired) electrons. The molecule has 4 aromatic rings. The lowest BCUT2D eigenvalue weighted by Gasteiger charge is -2.31. The molecule has 5 heteroatoms. The third-order valence-electron chi connectivity index (χ3n) is 8.03. The van der Waals surface area contributed by atoms with Crippen molar-refractivity contribution in [2.24, 2.45) is 11.8 Å². The van der Waals surface area contributed by atoms with Gasteiger partial charge in [0.25, 0.3) is 0 Å². The number of nitrogens with zero attached hydrogens (tertiary/aromatic N) is 1. The number of likely N-dealkylation sites (tertiary alicyclic amines) is 1. The molecule has 0 spiro atoms. The number of hydrogen-bond donors (Lipinski definition) is 0. The molecule has 0 aliphatic carbocycles. The zero-order valence-corrected chi connectivity index (χ0v) is 23.9. The van der Waals surface area contributed by atoms with Gasteiger partial charge in [0.2, 0.25) is 0 Å². The minimum absolute atomic E-state index is 0.198. The molecule has 42 heavy (non-hydrogen) atoms. The summed E-state index contributed by atoms with van der Waals surface area (Å²) in [6.45, 7) is 5.65. The Morgan fingerprint density at radius 1 is 0.571 bits per heavy atom. The summed E-state index contributed by atoms with van der Waals surface area (Å²) in [5, 5.41) is 0. The van der Waals surface area contributed by atoms with Crippen LogP contribution in [0.3, 0.4) is 0 Å². The molecule has 0 aromatic heterocycles. The molecular weight excluding hydrogens is 522 g/mol. The monoisotopic (exact) mass is 555 g/mol. The van der Waals surface area contributed by atoms with Crippen molar-refractivity contribution in [2.45, 2.75) is 38.8 Å². The molecule has 4 atom stereocenters. The summed E-state index contributed by atoms with van der Waals surface area (Å²) in [5.41, 5.74) is 5.53. The van der Waals surface area contributed by atoms with Gasteiger partial charge in [0.05, 0.1) is 11.8 Å². The van der Waals surface area contributed by atoms with E-state index in [-0.39, 0.29) is 11.8 Å². The molecule has 3 aliphatic heterocycles. The van der Waals surface area contributed by atoms with Gasteiger partial charge in [0, 0.05) is 22.3 Å². The number of benzene rings is 4. The fourth-order valence-corrected chi connectivity index (χ4v) is 6.45. The molecule has 0 bridgehead atoms. The van der Waals surface area contributed by atoms with Crippen LogP contribution in [0.15, 0.2) is 121 Å². The van der Waals surface area contributed by atoms with Crippen molar-refractivity contribution in [3.63, 3.8) is 0 Å². The molecule has 0 saturated carbocycles. The van der Waals surface area contributed by atoms with Crippen molar-refractivity contribution >= 4 is 28.8 Å². The number of hydrogen-bond acceptors (Lipinski definition) is 4. The van der Waals surface area contributed by atoms with Crippen LogP contribution < -0.4 is 0 Å². The largest absolute Gasteiger partial charge is 0.469 e. The van der Waals surface area contributed by atoms with Crippen molar-refractivity contribution in [1.29, 1.82) is 0 Å². The molecule has 1 fully saturated rings. The Hall–Kier alpha value is -4.77. The topological polar surface area (TPSA) is 48.0 Å². The second-order valence-electron chi connectivity index (χ2n) is 11.9. The third kappa shape index (κ3) is 4.46. The highest BCUT2D eigenvalue weighted by atomic mass is 16.6. The van der Waals surface area contributed by atoms with Gasteiger partial charge in [0.15, 0.2) is 12.5 Å². The predicted molar refractivity (Wildman–Crippen MR) is 164 cm³/mol. The summed E-state index contributed by atoms with van der Waals surface area (Å²) in [7, 11) is 0. The fraction of sp³-hybridized carbons (Fsp3) is 0.216. The summed E-state index contributed by atoms with van der Waals surface area (Å²) in [6.07, 6.45) is -1.65. The number of carbonyl (C=O) groups excluding carboxylic acids is 1. The Morgan fingerprint density at radius 3 is 1.24 bits per heavy atom. The van der Waals surface area contributed by atoms with Gasteiger partial charge < -0.3 is 14.2 Å². The summed E-state index contributed by atoms with van der Waals surface area (Å²) in [5.74, 6) is 1.17. The Bertz CT molecular complexity index is 1540. The second kappa shape index (κ2) is 10.3. The minimum Gasteiger partial charge on any atom is -0.469 e. The van der Waals surface area contributed by atoms with Crippen molar-refractivity contribution in [3.05, 3.63) is 144 Å². The van der Waals surface area contributed by atoms with Crippen LogP contribution >= 0.6 is 0 Å². The van der Waals surface area contributed by atoms with Gasteiger partial charge >= 0.3 is 6.09 Å². The van der Waals surface area contributed by atoms with E-state index in [0.29, 0.717) is 0 Å². The van der Waals surface area contributed by atoms with Crippen LogP contribution in [0.4, 0.5) is 4.79 Å². The highest BCUT2D eigenvalue weighted by molar-refractivity contribution is 5.97. The van der Waals surface area contributed by atoms with Gasteiger partial charge in [-0.15, -0.1) is 0 Å². The lowest BCUT2D eigenvalue weighted by atomic mass is 9.77. The Kier molecular flexibility index (Phi) is 6.38. The number of fused-ring (bicyclic) bond motifs is 3. The van der Waals surface area contributed by atoms with Gasteiger partial charge in [-0.1, -0.05) is 121 Å². The summed E-state index contributed by atoms with van der Waals surface area (Å²) in [4.78, 5) is 15.7. The summed E-state index contributed by atoms with van der Waals surface area (Å²) < 4.78 is 19.7. The lowest BCUT2D eigenvalue weighted by Crippen LogP contribution is -2.46. The minimum atomic E-state index is -0.683. The summed E-state index contributed by atoms with van der Waals surface area (Å²) >= 11 is 0. The first-order valence-electron chi connectivity index (χ1n) is 14.5.